The van der Waals surface area contributed by atoms with E-state index in [1.54, 1.807) is 42.5 Å². The number of esters is 1. The molecule has 33 heavy (non-hydrogen) atoms. The summed E-state index contributed by atoms with van der Waals surface area (Å²) in [5, 5.41) is 19.6. The molecule has 0 radical (unpaired) electrons. The van der Waals surface area contributed by atoms with Crippen LogP contribution in [0.2, 0.25) is 0 Å². The Labute approximate surface area is 192 Å². The van der Waals surface area contributed by atoms with Crippen LogP contribution < -0.4 is 0 Å². The highest BCUT2D eigenvalue weighted by Gasteiger charge is 2.25. The topological polar surface area (TPSA) is 79.7 Å². The van der Waals surface area contributed by atoms with Crippen LogP contribution in [0.1, 0.15) is 43.7 Å². The Morgan fingerprint density at radius 1 is 1.09 bits per heavy atom. The quantitative estimate of drug-likeness (QED) is 0.508. The largest absolute Gasteiger partial charge is 0.508 e. The highest BCUT2D eigenvalue weighted by atomic mass is 19.1. The summed E-state index contributed by atoms with van der Waals surface area (Å²) >= 11 is 0. The molecule has 5 nitrogen and oxygen atoms in total. The van der Waals surface area contributed by atoms with E-state index in [-0.39, 0.29) is 23.9 Å². The van der Waals surface area contributed by atoms with Crippen LogP contribution in [-0.4, -0.2) is 33.4 Å². The number of ether oxygens (including phenoxy) is 1. The summed E-state index contributed by atoms with van der Waals surface area (Å²) in [6.45, 7) is 4.15. The number of aromatic nitrogens is 1. The van der Waals surface area contributed by atoms with E-state index in [0.717, 1.165) is 27.9 Å². The molecule has 1 fully saturated rings. The zero-order chi connectivity index (χ0) is 23.5. The van der Waals surface area contributed by atoms with Crippen LogP contribution in [0.25, 0.3) is 28.6 Å². The van der Waals surface area contributed by atoms with Crippen molar-refractivity contribution < 1.29 is 24.1 Å². The van der Waals surface area contributed by atoms with Crippen LogP contribution in [0, 0.1) is 5.82 Å². The second-order valence-corrected chi connectivity index (χ2v) is 8.55. The van der Waals surface area contributed by atoms with Crippen molar-refractivity contribution >= 4 is 12.0 Å². The molecule has 1 aromatic heterocycles. The molecule has 4 rings (SSSR count). The Balaban J connectivity index is 1.85. The van der Waals surface area contributed by atoms with E-state index < -0.39 is 18.2 Å². The first-order chi connectivity index (χ1) is 15.8. The molecule has 1 saturated heterocycles. The maximum atomic E-state index is 13.6. The number of rotatable bonds is 5. The first-order valence-electron chi connectivity index (χ1n) is 11.0. The smallest absolute Gasteiger partial charge is 0.309 e. The Hall–Kier alpha value is -3.51. The number of cyclic esters (lactones) is 1. The molecule has 2 heterocycles. The average molecular weight is 448 g/mol. The lowest BCUT2D eigenvalue weighted by Crippen LogP contribution is -2.31. The number of halogens is 1. The lowest BCUT2D eigenvalue weighted by Gasteiger charge is -2.24. The fraction of sp³-hybridized carbons (Fsp3) is 0.259. The van der Waals surface area contributed by atoms with E-state index in [0.29, 0.717) is 12.1 Å². The minimum Gasteiger partial charge on any atom is -0.508 e. The molecule has 0 aliphatic carbocycles. The summed E-state index contributed by atoms with van der Waals surface area (Å²) in [4.78, 5) is 16.6. The molecular formula is C27H26FNO4. The zero-order valence-electron chi connectivity index (χ0n) is 18.5. The van der Waals surface area contributed by atoms with Gasteiger partial charge in [-0.3, -0.25) is 4.79 Å². The number of pyridine rings is 1. The van der Waals surface area contributed by atoms with Gasteiger partial charge >= 0.3 is 5.97 Å². The molecule has 2 N–H and O–H groups in total. The van der Waals surface area contributed by atoms with Gasteiger partial charge in [-0.1, -0.05) is 19.9 Å². The Morgan fingerprint density at radius 3 is 2.39 bits per heavy atom. The van der Waals surface area contributed by atoms with Gasteiger partial charge in [-0.15, -0.1) is 0 Å². The second-order valence-electron chi connectivity index (χ2n) is 8.55. The molecule has 0 unspecified atom stereocenters. The molecular weight excluding hydrogens is 421 g/mol. The Kier molecular flexibility index (Phi) is 6.56. The number of phenols is 1. The van der Waals surface area contributed by atoms with Gasteiger partial charge in [-0.05, 0) is 72.2 Å². The molecule has 0 amide bonds. The predicted molar refractivity (Wildman–Crippen MR) is 125 cm³/mol. The van der Waals surface area contributed by atoms with E-state index in [1.165, 1.54) is 12.1 Å². The molecule has 6 heteroatoms. The fourth-order valence-corrected chi connectivity index (χ4v) is 3.97. The van der Waals surface area contributed by atoms with Crippen molar-refractivity contribution in [3.05, 3.63) is 77.6 Å². The van der Waals surface area contributed by atoms with Crippen molar-refractivity contribution in [1.29, 1.82) is 0 Å². The van der Waals surface area contributed by atoms with Crippen molar-refractivity contribution in [3.8, 4) is 28.3 Å². The number of aliphatic hydroxyl groups excluding tert-OH is 1. The maximum absolute atomic E-state index is 13.6. The van der Waals surface area contributed by atoms with E-state index in [4.69, 9.17) is 9.72 Å². The highest BCUT2D eigenvalue weighted by Crippen LogP contribution is 2.34. The molecule has 0 bridgehead atoms. The third-order valence-corrected chi connectivity index (χ3v) is 5.66. The minimum atomic E-state index is -0.725. The second kappa shape index (κ2) is 9.55. The predicted octanol–water partition coefficient (Wildman–Crippen LogP) is 5.46. The summed E-state index contributed by atoms with van der Waals surface area (Å²) in [5.41, 5.74) is 4.86. The molecule has 3 aromatic rings. The summed E-state index contributed by atoms with van der Waals surface area (Å²) in [5.74, 6) is -0.447. The number of aliphatic hydroxyl groups is 1. The zero-order valence-corrected chi connectivity index (χ0v) is 18.5. The van der Waals surface area contributed by atoms with Gasteiger partial charge in [0.2, 0.25) is 0 Å². The lowest BCUT2D eigenvalue weighted by atomic mass is 9.91. The monoisotopic (exact) mass is 447 g/mol. The van der Waals surface area contributed by atoms with Crippen LogP contribution in [0.4, 0.5) is 4.39 Å². The van der Waals surface area contributed by atoms with E-state index >= 15 is 0 Å². The molecule has 1 aliphatic heterocycles. The van der Waals surface area contributed by atoms with E-state index in [9.17, 15) is 19.4 Å². The first-order valence-corrected chi connectivity index (χ1v) is 11.0. The Morgan fingerprint density at radius 2 is 1.76 bits per heavy atom. The first kappa shape index (κ1) is 22.7. The number of hydrogen-bond acceptors (Lipinski definition) is 5. The number of nitrogens with zero attached hydrogens (tertiary/aromatic N) is 1. The number of phenolic OH excluding ortho intramolecular Hbond substituents is 1. The normalized spacial score (nSPS) is 18.6. The summed E-state index contributed by atoms with van der Waals surface area (Å²) in [6, 6.07) is 15.0. The summed E-state index contributed by atoms with van der Waals surface area (Å²) in [6.07, 6.45) is 2.74. The molecule has 2 atom stereocenters. The van der Waals surface area contributed by atoms with Gasteiger partial charge in [0, 0.05) is 23.1 Å². The van der Waals surface area contributed by atoms with Crippen LogP contribution in [0.3, 0.4) is 0 Å². The van der Waals surface area contributed by atoms with E-state index in [2.05, 4.69) is 13.8 Å². The number of carbonyl (C=O) groups is 1. The summed E-state index contributed by atoms with van der Waals surface area (Å²) in [7, 11) is 0. The van der Waals surface area contributed by atoms with Gasteiger partial charge in [-0.2, -0.15) is 0 Å². The maximum Gasteiger partial charge on any atom is 0.309 e. The van der Waals surface area contributed by atoms with Gasteiger partial charge in [0.15, 0.2) is 0 Å². The number of benzene rings is 2. The van der Waals surface area contributed by atoms with Gasteiger partial charge in [-0.25, -0.2) is 9.37 Å². The molecule has 170 valence electrons. The molecule has 0 saturated carbocycles. The third kappa shape index (κ3) is 5.29. The highest BCUT2D eigenvalue weighted by molar-refractivity contribution is 5.78. The van der Waals surface area contributed by atoms with Gasteiger partial charge in [0.05, 0.1) is 23.9 Å². The fourth-order valence-electron chi connectivity index (χ4n) is 3.97. The molecule has 1 aliphatic rings. The number of carbonyl (C=O) groups excluding carboxylic acids is 1. The average Bonchev–Trinajstić information content (AvgIpc) is 2.77. The van der Waals surface area contributed by atoms with Crippen molar-refractivity contribution in [2.45, 2.75) is 44.8 Å². The van der Waals surface area contributed by atoms with Gasteiger partial charge in [0.25, 0.3) is 0 Å². The van der Waals surface area contributed by atoms with Crippen molar-refractivity contribution in [3.63, 3.8) is 0 Å². The summed E-state index contributed by atoms with van der Waals surface area (Å²) < 4.78 is 19.0. The van der Waals surface area contributed by atoms with Crippen molar-refractivity contribution in [2.75, 3.05) is 0 Å². The standard InChI is InChI=1S/C27H26FNO4/c1-16(2)24-15-25(17-5-9-20(30)10-6-17)29-27(18-3-7-19(28)8-4-18)23(24)12-11-22-13-21(31)14-26(32)33-22/h3-12,15-16,21-22,30-31H,13-14H2,1-2H3/b12-11+/t21-,22-/m1/s1. The Bertz CT molecular complexity index is 1170. The van der Waals surface area contributed by atoms with Gasteiger partial charge < -0.3 is 14.9 Å². The van der Waals surface area contributed by atoms with Crippen LogP contribution in [0.15, 0.2) is 60.7 Å². The SMILES string of the molecule is CC(C)c1cc(-c2ccc(O)cc2)nc(-c2ccc(F)cc2)c1/C=C/[C@@H]1C[C@@H](O)CC(=O)O1. The lowest BCUT2D eigenvalue weighted by molar-refractivity contribution is -0.156. The molecule has 0 spiro atoms. The van der Waals surface area contributed by atoms with Crippen LogP contribution >= 0.6 is 0 Å². The number of aromatic hydroxyl groups is 1. The van der Waals surface area contributed by atoms with Crippen LogP contribution in [0.5, 0.6) is 5.75 Å². The van der Waals surface area contributed by atoms with Crippen LogP contribution in [-0.2, 0) is 9.53 Å². The van der Waals surface area contributed by atoms with Gasteiger partial charge in [0.1, 0.15) is 17.7 Å². The van der Waals surface area contributed by atoms with Crippen molar-refractivity contribution in [2.24, 2.45) is 0 Å². The van der Waals surface area contributed by atoms with Crippen molar-refractivity contribution in [1.82, 2.24) is 4.98 Å². The van der Waals surface area contributed by atoms with E-state index in [1.807, 2.05) is 12.1 Å². The third-order valence-electron chi connectivity index (χ3n) is 5.66. The molecule has 2 aromatic carbocycles. The minimum absolute atomic E-state index is 0.00525. The number of hydrogen-bond donors (Lipinski definition) is 2.